The first-order valence-corrected chi connectivity index (χ1v) is 7.54. The van der Waals surface area contributed by atoms with Crippen molar-refractivity contribution in [3.05, 3.63) is 48.6 Å². The van der Waals surface area contributed by atoms with Crippen LogP contribution in [0.5, 0.6) is 0 Å². The molecule has 0 radical (unpaired) electrons. The van der Waals surface area contributed by atoms with Crippen LogP contribution in [0.2, 0.25) is 0 Å². The Kier molecular flexibility index (Phi) is 8.02. The molecule has 4 heteroatoms. The van der Waals surface area contributed by atoms with E-state index < -0.39 is 0 Å². The van der Waals surface area contributed by atoms with Crippen LogP contribution in [0, 0.1) is 0 Å². The van der Waals surface area contributed by atoms with Crippen LogP contribution >= 0.6 is 11.8 Å². The fraction of sp³-hybridized carbons (Fsp3) is 0.400. The van der Waals surface area contributed by atoms with Gasteiger partial charge < -0.3 is 10.0 Å². The number of hydrogen-bond donors (Lipinski definition) is 1. The number of aliphatic hydroxyl groups is 1. The topological polar surface area (TPSA) is 40.5 Å². The molecule has 1 aromatic rings. The summed E-state index contributed by atoms with van der Waals surface area (Å²) in [6, 6.07) is 10.2. The number of aryl methyl sites for hydroxylation is 1. The number of rotatable bonds is 9. The van der Waals surface area contributed by atoms with Gasteiger partial charge in [-0.1, -0.05) is 36.4 Å². The lowest BCUT2D eigenvalue weighted by Gasteiger charge is -2.19. The molecular formula is C15H21NO2S. The van der Waals surface area contributed by atoms with Crippen molar-refractivity contribution < 1.29 is 9.90 Å². The Morgan fingerprint density at radius 1 is 1.37 bits per heavy atom. The van der Waals surface area contributed by atoms with Gasteiger partial charge >= 0.3 is 0 Å². The van der Waals surface area contributed by atoms with E-state index in [2.05, 4.69) is 18.7 Å². The minimum atomic E-state index is -0.00569. The summed E-state index contributed by atoms with van der Waals surface area (Å²) in [5.74, 6) is 1.45. The van der Waals surface area contributed by atoms with E-state index in [0.717, 1.165) is 12.2 Å². The quantitative estimate of drug-likeness (QED) is 0.555. The monoisotopic (exact) mass is 279 g/mol. The Balaban J connectivity index is 2.23. The molecule has 0 aromatic heterocycles. The molecule has 0 aliphatic carbocycles. The van der Waals surface area contributed by atoms with Crippen molar-refractivity contribution in [2.45, 2.75) is 6.42 Å². The van der Waals surface area contributed by atoms with E-state index in [1.54, 1.807) is 22.7 Å². The third-order valence-electron chi connectivity index (χ3n) is 2.68. The van der Waals surface area contributed by atoms with Gasteiger partial charge in [0.1, 0.15) is 0 Å². The second kappa shape index (κ2) is 9.64. The zero-order valence-electron chi connectivity index (χ0n) is 11.1. The molecule has 0 heterocycles. The number of hydrogen-bond acceptors (Lipinski definition) is 3. The minimum Gasteiger partial charge on any atom is -0.395 e. The van der Waals surface area contributed by atoms with Crippen LogP contribution < -0.4 is 0 Å². The molecule has 19 heavy (non-hydrogen) atoms. The van der Waals surface area contributed by atoms with Gasteiger partial charge in [-0.2, -0.15) is 11.8 Å². The first-order chi connectivity index (χ1) is 9.27. The van der Waals surface area contributed by atoms with Gasteiger partial charge in [0.05, 0.1) is 12.4 Å². The summed E-state index contributed by atoms with van der Waals surface area (Å²) in [6.07, 6.45) is 2.66. The van der Waals surface area contributed by atoms with Crippen molar-refractivity contribution in [2.24, 2.45) is 0 Å². The third-order valence-corrected chi connectivity index (χ3v) is 3.62. The van der Waals surface area contributed by atoms with E-state index in [0.29, 0.717) is 18.8 Å². The van der Waals surface area contributed by atoms with Crippen LogP contribution in [0.1, 0.15) is 5.56 Å². The predicted molar refractivity (Wildman–Crippen MR) is 81.3 cm³/mol. The SMILES string of the molecule is C=CCN(CCO)C(=O)CSCCc1ccccc1. The van der Waals surface area contributed by atoms with Gasteiger partial charge in [-0.25, -0.2) is 0 Å². The largest absolute Gasteiger partial charge is 0.395 e. The lowest BCUT2D eigenvalue weighted by atomic mass is 10.2. The third kappa shape index (κ3) is 6.45. The Bertz CT molecular complexity index is 381. The normalized spacial score (nSPS) is 10.2. The highest BCUT2D eigenvalue weighted by atomic mass is 32.2. The van der Waals surface area contributed by atoms with Gasteiger partial charge in [-0.05, 0) is 17.7 Å². The van der Waals surface area contributed by atoms with Crippen LogP contribution in [0.15, 0.2) is 43.0 Å². The molecule has 1 rings (SSSR count). The van der Waals surface area contributed by atoms with E-state index in [9.17, 15) is 4.79 Å². The van der Waals surface area contributed by atoms with E-state index in [4.69, 9.17) is 5.11 Å². The lowest BCUT2D eigenvalue weighted by molar-refractivity contribution is -0.128. The molecule has 1 aromatic carbocycles. The summed E-state index contributed by atoms with van der Waals surface area (Å²) in [6.45, 7) is 4.49. The highest BCUT2D eigenvalue weighted by Gasteiger charge is 2.10. The summed E-state index contributed by atoms with van der Waals surface area (Å²) in [5, 5.41) is 8.90. The number of carbonyl (C=O) groups is 1. The maximum Gasteiger partial charge on any atom is 0.232 e. The average molecular weight is 279 g/mol. The first-order valence-electron chi connectivity index (χ1n) is 6.39. The smallest absolute Gasteiger partial charge is 0.232 e. The van der Waals surface area contributed by atoms with Crippen molar-refractivity contribution in [3.63, 3.8) is 0 Å². The molecule has 104 valence electrons. The van der Waals surface area contributed by atoms with Crippen molar-refractivity contribution in [2.75, 3.05) is 31.2 Å². The molecule has 0 aliphatic rings. The number of aliphatic hydroxyl groups excluding tert-OH is 1. The van der Waals surface area contributed by atoms with E-state index >= 15 is 0 Å². The van der Waals surface area contributed by atoms with Crippen LogP contribution in [0.4, 0.5) is 0 Å². The van der Waals surface area contributed by atoms with Crippen molar-refractivity contribution in [1.29, 1.82) is 0 Å². The predicted octanol–water partition coefficient (Wildman–Crippen LogP) is 1.97. The van der Waals surface area contributed by atoms with Crippen molar-refractivity contribution in [1.82, 2.24) is 4.90 Å². The zero-order valence-corrected chi connectivity index (χ0v) is 11.9. The Morgan fingerprint density at radius 2 is 2.11 bits per heavy atom. The molecule has 0 aliphatic heterocycles. The molecule has 3 nitrogen and oxygen atoms in total. The molecule has 0 bridgehead atoms. The number of carbonyl (C=O) groups excluding carboxylic acids is 1. The molecular weight excluding hydrogens is 258 g/mol. The van der Waals surface area contributed by atoms with Crippen molar-refractivity contribution in [3.8, 4) is 0 Å². The highest BCUT2D eigenvalue weighted by Crippen LogP contribution is 2.08. The minimum absolute atomic E-state index is 0.00569. The van der Waals surface area contributed by atoms with Crippen molar-refractivity contribution >= 4 is 17.7 Å². The van der Waals surface area contributed by atoms with Crippen LogP contribution in [0.25, 0.3) is 0 Å². The van der Waals surface area contributed by atoms with Gasteiger partial charge in [-0.15, -0.1) is 6.58 Å². The molecule has 0 unspecified atom stereocenters. The molecule has 0 saturated heterocycles. The van der Waals surface area contributed by atoms with Gasteiger partial charge in [0.2, 0.25) is 5.91 Å². The number of thioether (sulfide) groups is 1. The molecule has 1 N–H and O–H groups in total. The van der Waals surface area contributed by atoms with Crippen LogP contribution in [0.3, 0.4) is 0 Å². The van der Waals surface area contributed by atoms with E-state index in [1.807, 2.05) is 18.2 Å². The van der Waals surface area contributed by atoms with Gasteiger partial charge in [-0.3, -0.25) is 4.79 Å². The first kappa shape index (κ1) is 15.8. The van der Waals surface area contributed by atoms with E-state index in [-0.39, 0.29) is 12.5 Å². The summed E-state index contributed by atoms with van der Waals surface area (Å²) in [5.41, 5.74) is 1.29. The average Bonchev–Trinajstić information content (AvgIpc) is 2.44. The maximum absolute atomic E-state index is 11.9. The number of nitrogens with zero attached hydrogens (tertiary/aromatic N) is 1. The lowest BCUT2D eigenvalue weighted by Crippen LogP contribution is -2.35. The zero-order chi connectivity index (χ0) is 13.9. The number of benzene rings is 1. The molecule has 0 atom stereocenters. The van der Waals surface area contributed by atoms with Gasteiger partial charge in [0.15, 0.2) is 0 Å². The van der Waals surface area contributed by atoms with Crippen LogP contribution in [-0.2, 0) is 11.2 Å². The van der Waals surface area contributed by atoms with E-state index in [1.165, 1.54) is 5.56 Å². The highest BCUT2D eigenvalue weighted by molar-refractivity contribution is 7.99. The fourth-order valence-corrected chi connectivity index (χ4v) is 2.56. The summed E-state index contributed by atoms with van der Waals surface area (Å²) >= 11 is 1.63. The Hall–Kier alpha value is -1.26. The Labute approximate surface area is 119 Å². The summed E-state index contributed by atoms with van der Waals surface area (Å²) in [4.78, 5) is 13.5. The fourth-order valence-electron chi connectivity index (χ4n) is 1.68. The molecule has 1 amide bonds. The second-order valence-electron chi connectivity index (χ2n) is 4.14. The molecule has 0 spiro atoms. The van der Waals surface area contributed by atoms with Gasteiger partial charge in [0, 0.05) is 13.1 Å². The second-order valence-corrected chi connectivity index (χ2v) is 5.25. The standard InChI is InChI=1S/C15H21NO2S/c1-2-9-16(10-11-17)15(18)13-19-12-8-14-6-4-3-5-7-14/h2-7,17H,1,8-13H2. The van der Waals surface area contributed by atoms with Crippen LogP contribution in [-0.4, -0.2) is 47.1 Å². The molecule has 0 fully saturated rings. The molecule has 0 saturated carbocycles. The summed E-state index contributed by atoms with van der Waals surface area (Å²) < 4.78 is 0. The Morgan fingerprint density at radius 3 is 2.74 bits per heavy atom. The number of amides is 1. The maximum atomic E-state index is 11.9. The van der Waals surface area contributed by atoms with Gasteiger partial charge in [0.25, 0.3) is 0 Å². The summed E-state index contributed by atoms with van der Waals surface area (Å²) in [7, 11) is 0.